The van der Waals surface area contributed by atoms with E-state index in [-0.39, 0.29) is 11.9 Å². The van der Waals surface area contributed by atoms with Crippen molar-refractivity contribution in [3.8, 4) is 0 Å². The van der Waals surface area contributed by atoms with Gasteiger partial charge >= 0.3 is 0 Å². The van der Waals surface area contributed by atoms with Gasteiger partial charge in [0.1, 0.15) is 5.82 Å². The van der Waals surface area contributed by atoms with Crippen molar-refractivity contribution in [3.63, 3.8) is 0 Å². The lowest BCUT2D eigenvalue weighted by molar-refractivity contribution is 0.578. The van der Waals surface area contributed by atoms with Crippen LogP contribution in [0.25, 0.3) is 0 Å². The van der Waals surface area contributed by atoms with Crippen molar-refractivity contribution in [1.82, 2.24) is 0 Å². The fourth-order valence-corrected chi connectivity index (χ4v) is 3.02. The Balaban J connectivity index is 1.79. The Labute approximate surface area is 118 Å². The van der Waals surface area contributed by atoms with Crippen LogP contribution >= 0.6 is 11.3 Å². The van der Waals surface area contributed by atoms with Crippen LogP contribution in [0, 0.1) is 12.7 Å². The number of benzene rings is 1. The highest BCUT2D eigenvalue weighted by atomic mass is 32.1. The Hall–Kier alpha value is -1.19. The molecule has 0 aliphatic carbocycles. The monoisotopic (exact) mass is 277 g/mol. The van der Waals surface area contributed by atoms with Crippen molar-refractivity contribution in [1.29, 1.82) is 0 Å². The van der Waals surface area contributed by atoms with E-state index in [2.05, 4.69) is 17.5 Å². The lowest BCUT2D eigenvalue weighted by atomic mass is 9.98. The van der Waals surface area contributed by atoms with Gasteiger partial charge in [-0.2, -0.15) is 0 Å². The standard InChI is InChI=1S/C16H20FNS/c1-12-10-14(17)8-7-13(12)11-15(18)4-2-5-16-6-3-9-19-16/h3,6-10,15H,2,4-5,11,18H2,1H3. The van der Waals surface area contributed by atoms with Crippen LogP contribution in [0.3, 0.4) is 0 Å². The molecule has 2 N–H and O–H groups in total. The van der Waals surface area contributed by atoms with E-state index in [0.717, 1.165) is 36.8 Å². The smallest absolute Gasteiger partial charge is 0.123 e. The summed E-state index contributed by atoms with van der Waals surface area (Å²) in [7, 11) is 0. The number of rotatable bonds is 6. The summed E-state index contributed by atoms with van der Waals surface area (Å²) in [6.45, 7) is 1.94. The molecule has 0 saturated carbocycles. The van der Waals surface area contributed by atoms with Crippen molar-refractivity contribution in [2.45, 2.75) is 38.6 Å². The molecular formula is C16H20FNS. The normalized spacial score (nSPS) is 12.6. The SMILES string of the molecule is Cc1cc(F)ccc1CC(N)CCCc1cccs1. The number of nitrogens with two attached hydrogens (primary N) is 1. The highest BCUT2D eigenvalue weighted by Gasteiger charge is 2.07. The van der Waals surface area contributed by atoms with Crippen LogP contribution in [0.1, 0.15) is 28.8 Å². The van der Waals surface area contributed by atoms with Gasteiger partial charge in [-0.15, -0.1) is 11.3 Å². The molecule has 2 rings (SSSR count). The second-order valence-electron chi connectivity index (χ2n) is 5.01. The molecule has 0 radical (unpaired) electrons. The molecule has 1 aromatic heterocycles. The lowest BCUT2D eigenvalue weighted by Crippen LogP contribution is -2.23. The van der Waals surface area contributed by atoms with Crippen molar-refractivity contribution in [2.75, 3.05) is 0 Å². The minimum Gasteiger partial charge on any atom is -0.327 e. The van der Waals surface area contributed by atoms with Crippen LogP contribution in [-0.2, 0) is 12.8 Å². The van der Waals surface area contributed by atoms with E-state index in [1.165, 1.54) is 10.9 Å². The number of halogens is 1. The Kier molecular flexibility index (Phi) is 5.11. The predicted molar refractivity (Wildman–Crippen MR) is 80.1 cm³/mol. The number of hydrogen-bond donors (Lipinski definition) is 1. The molecule has 2 aromatic rings. The fraction of sp³-hybridized carbons (Fsp3) is 0.375. The maximum atomic E-state index is 13.0. The highest BCUT2D eigenvalue weighted by molar-refractivity contribution is 7.09. The first kappa shape index (κ1) is 14.2. The summed E-state index contributed by atoms with van der Waals surface area (Å²) in [5.74, 6) is -0.174. The summed E-state index contributed by atoms with van der Waals surface area (Å²) in [6.07, 6.45) is 4.06. The third-order valence-corrected chi connectivity index (χ3v) is 4.30. The van der Waals surface area contributed by atoms with Crippen molar-refractivity contribution >= 4 is 11.3 Å². The zero-order chi connectivity index (χ0) is 13.7. The molecule has 1 unspecified atom stereocenters. The average Bonchev–Trinajstić information content (AvgIpc) is 2.86. The summed E-state index contributed by atoms with van der Waals surface area (Å²) in [6, 6.07) is 9.35. The van der Waals surface area contributed by atoms with Crippen LogP contribution < -0.4 is 5.73 Å². The van der Waals surface area contributed by atoms with Gasteiger partial charge in [0.05, 0.1) is 0 Å². The van der Waals surface area contributed by atoms with E-state index in [4.69, 9.17) is 5.73 Å². The molecule has 0 aliphatic heterocycles. The van der Waals surface area contributed by atoms with Crippen molar-refractivity contribution in [3.05, 3.63) is 57.5 Å². The topological polar surface area (TPSA) is 26.0 Å². The summed E-state index contributed by atoms with van der Waals surface area (Å²) < 4.78 is 13.0. The lowest BCUT2D eigenvalue weighted by Gasteiger charge is -2.13. The van der Waals surface area contributed by atoms with E-state index in [0.29, 0.717) is 0 Å². The summed E-state index contributed by atoms with van der Waals surface area (Å²) in [5.41, 5.74) is 8.31. The second kappa shape index (κ2) is 6.83. The van der Waals surface area contributed by atoms with Gasteiger partial charge in [0.25, 0.3) is 0 Å². The molecule has 0 fully saturated rings. The van der Waals surface area contributed by atoms with Crippen LogP contribution in [0.4, 0.5) is 4.39 Å². The summed E-state index contributed by atoms with van der Waals surface area (Å²) in [5, 5.41) is 2.11. The van der Waals surface area contributed by atoms with Crippen molar-refractivity contribution in [2.24, 2.45) is 5.73 Å². The van der Waals surface area contributed by atoms with Gasteiger partial charge in [0, 0.05) is 10.9 Å². The van der Waals surface area contributed by atoms with Crippen LogP contribution in [0.5, 0.6) is 0 Å². The first-order chi connectivity index (χ1) is 9.15. The van der Waals surface area contributed by atoms with Gasteiger partial charge in [-0.1, -0.05) is 12.1 Å². The van der Waals surface area contributed by atoms with Crippen LogP contribution in [-0.4, -0.2) is 6.04 Å². The fourth-order valence-electron chi connectivity index (χ4n) is 2.27. The van der Waals surface area contributed by atoms with Crippen LogP contribution in [0.2, 0.25) is 0 Å². The van der Waals surface area contributed by atoms with Gasteiger partial charge in [-0.25, -0.2) is 4.39 Å². The van der Waals surface area contributed by atoms with Gasteiger partial charge < -0.3 is 5.73 Å². The third-order valence-electron chi connectivity index (χ3n) is 3.36. The Morgan fingerprint density at radius 3 is 2.84 bits per heavy atom. The highest BCUT2D eigenvalue weighted by Crippen LogP contribution is 2.16. The zero-order valence-electron chi connectivity index (χ0n) is 11.2. The molecule has 0 saturated heterocycles. The molecule has 0 aliphatic rings. The minimum atomic E-state index is -0.174. The van der Waals surface area contributed by atoms with Gasteiger partial charge in [0.15, 0.2) is 0 Å². The van der Waals surface area contributed by atoms with E-state index in [1.807, 2.05) is 13.0 Å². The molecule has 102 valence electrons. The number of hydrogen-bond acceptors (Lipinski definition) is 2. The molecule has 1 heterocycles. The predicted octanol–water partition coefficient (Wildman–Crippen LogP) is 4.09. The molecule has 3 heteroatoms. The largest absolute Gasteiger partial charge is 0.327 e. The molecule has 1 aromatic carbocycles. The second-order valence-corrected chi connectivity index (χ2v) is 6.04. The van der Waals surface area contributed by atoms with Gasteiger partial charge in [0.2, 0.25) is 0 Å². The molecule has 0 spiro atoms. The first-order valence-electron chi connectivity index (χ1n) is 6.68. The van der Waals surface area contributed by atoms with Crippen molar-refractivity contribution < 1.29 is 4.39 Å². The third kappa shape index (κ3) is 4.44. The Morgan fingerprint density at radius 2 is 2.16 bits per heavy atom. The maximum absolute atomic E-state index is 13.0. The Morgan fingerprint density at radius 1 is 1.32 bits per heavy atom. The summed E-state index contributed by atoms with van der Waals surface area (Å²) in [4.78, 5) is 1.42. The van der Waals surface area contributed by atoms with Crippen LogP contribution in [0.15, 0.2) is 35.7 Å². The maximum Gasteiger partial charge on any atom is 0.123 e. The van der Waals surface area contributed by atoms with Gasteiger partial charge in [-0.3, -0.25) is 0 Å². The molecular weight excluding hydrogens is 257 g/mol. The van der Waals surface area contributed by atoms with Gasteiger partial charge in [-0.05, 0) is 67.3 Å². The average molecular weight is 277 g/mol. The molecule has 0 amide bonds. The number of aryl methyl sites for hydroxylation is 2. The molecule has 0 bridgehead atoms. The zero-order valence-corrected chi connectivity index (χ0v) is 12.0. The molecule has 1 atom stereocenters. The molecule has 19 heavy (non-hydrogen) atoms. The van der Waals surface area contributed by atoms with E-state index in [1.54, 1.807) is 17.4 Å². The minimum absolute atomic E-state index is 0.157. The van der Waals surface area contributed by atoms with E-state index < -0.39 is 0 Å². The quantitative estimate of drug-likeness (QED) is 0.845. The first-order valence-corrected chi connectivity index (χ1v) is 7.56. The molecule has 1 nitrogen and oxygen atoms in total. The van der Waals surface area contributed by atoms with E-state index >= 15 is 0 Å². The summed E-state index contributed by atoms with van der Waals surface area (Å²) >= 11 is 1.80. The Bertz CT molecular complexity index is 507. The van der Waals surface area contributed by atoms with E-state index in [9.17, 15) is 4.39 Å². The number of thiophene rings is 1.